The Morgan fingerprint density at radius 2 is 2.20 bits per heavy atom. The predicted octanol–water partition coefficient (Wildman–Crippen LogP) is 3.81. The zero-order valence-electron chi connectivity index (χ0n) is 13.8. The Balaban J connectivity index is 2.13. The van der Waals surface area contributed by atoms with Gasteiger partial charge in [0, 0.05) is 18.8 Å². The number of hydrogen-bond donors (Lipinski definition) is 1. The average Bonchev–Trinajstić information content (AvgIpc) is 2.85. The molecule has 0 aliphatic heterocycles. The van der Waals surface area contributed by atoms with Crippen LogP contribution in [-0.4, -0.2) is 22.4 Å². The van der Waals surface area contributed by atoms with Gasteiger partial charge in [0.1, 0.15) is 0 Å². The molecule has 3 nitrogen and oxygen atoms in total. The fourth-order valence-corrected chi connectivity index (χ4v) is 3.41. The van der Waals surface area contributed by atoms with Crippen molar-refractivity contribution >= 4 is 0 Å². The first-order valence-electron chi connectivity index (χ1n) is 8.17. The van der Waals surface area contributed by atoms with Crippen molar-refractivity contribution < 1.29 is 0 Å². The molecule has 1 aliphatic carbocycles. The predicted molar refractivity (Wildman–Crippen MR) is 84.9 cm³/mol. The van der Waals surface area contributed by atoms with E-state index in [1.807, 2.05) is 0 Å². The molecule has 20 heavy (non-hydrogen) atoms. The third kappa shape index (κ3) is 3.85. The SMILES string of the molecule is CCn1cc(C2CC(C)(C)CCC2CNC(C)C)cn1. The van der Waals surface area contributed by atoms with Crippen LogP contribution in [0.15, 0.2) is 12.4 Å². The lowest BCUT2D eigenvalue weighted by Gasteiger charge is -2.41. The van der Waals surface area contributed by atoms with Crippen molar-refractivity contribution in [1.29, 1.82) is 0 Å². The highest BCUT2D eigenvalue weighted by atomic mass is 15.3. The molecule has 1 N–H and O–H groups in total. The highest BCUT2D eigenvalue weighted by Crippen LogP contribution is 2.46. The van der Waals surface area contributed by atoms with Gasteiger partial charge in [0.05, 0.1) is 6.20 Å². The topological polar surface area (TPSA) is 29.9 Å². The van der Waals surface area contributed by atoms with Crippen LogP contribution in [0.2, 0.25) is 0 Å². The summed E-state index contributed by atoms with van der Waals surface area (Å²) in [4.78, 5) is 0. The molecule has 1 heterocycles. The van der Waals surface area contributed by atoms with Crippen molar-refractivity contribution in [2.24, 2.45) is 11.3 Å². The maximum Gasteiger partial charge on any atom is 0.0524 e. The van der Waals surface area contributed by atoms with Crippen LogP contribution in [0, 0.1) is 11.3 Å². The molecule has 3 heteroatoms. The van der Waals surface area contributed by atoms with Crippen LogP contribution in [0.5, 0.6) is 0 Å². The van der Waals surface area contributed by atoms with Crippen LogP contribution in [-0.2, 0) is 6.54 Å². The lowest BCUT2D eigenvalue weighted by Crippen LogP contribution is -2.37. The van der Waals surface area contributed by atoms with Crippen molar-refractivity contribution in [3.8, 4) is 0 Å². The first-order chi connectivity index (χ1) is 9.41. The zero-order chi connectivity index (χ0) is 14.8. The molecular weight excluding hydrogens is 246 g/mol. The third-order valence-electron chi connectivity index (χ3n) is 4.73. The summed E-state index contributed by atoms with van der Waals surface area (Å²) in [6.07, 6.45) is 8.31. The molecule has 2 atom stereocenters. The molecule has 1 aromatic heterocycles. The molecule has 0 bridgehead atoms. The fraction of sp³-hybridized carbons (Fsp3) is 0.824. The van der Waals surface area contributed by atoms with Crippen molar-refractivity contribution in [2.45, 2.75) is 72.4 Å². The van der Waals surface area contributed by atoms with Crippen molar-refractivity contribution in [1.82, 2.24) is 15.1 Å². The normalized spacial score (nSPS) is 26.1. The van der Waals surface area contributed by atoms with Crippen LogP contribution >= 0.6 is 0 Å². The molecule has 2 unspecified atom stereocenters. The Bertz CT molecular complexity index is 418. The minimum atomic E-state index is 0.466. The van der Waals surface area contributed by atoms with Gasteiger partial charge < -0.3 is 5.32 Å². The van der Waals surface area contributed by atoms with E-state index in [4.69, 9.17) is 0 Å². The largest absolute Gasteiger partial charge is 0.314 e. The fourth-order valence-electron chi connectivity index (χ4n) is 3.41. The van der Waals surface area contributed by atoms with Gasteiger partial charge in [-0.2, -0.15) is 5.10 Å². The van der Waals surface area contributed by atoms with Crippen molar-refractivity contribution in [3.63, 3.8) is 0 Å². The molecule has 0 radical (unpaired) electrons. The summed E-state index contributed by atoms with van der Waals surface area (Å²) in [6, 6.07) is 0.573. The van der Waals surface area contributed by atoms with Crippen LogP contribution in [0.4, 0.5) is 0 Å². The number of nitrogens with zero attached hydrogens (tertiary/aromatic N) is 2. The quantitative estimate of drug-likeness (QED) is 0.887. The maximum atomic E-state index is 4.48. The summed E-state index contributed by atoms with van der Waals surface area (Å²) < 4.78 is 2.06. The summed E-state index contributed by atoms with van der Waals surface area (Å²) in [7, 11) is 0. The van der Waals surface area contributed by atoms with E-state index < -0.39 is 0 Å². The highest BCUT2D eigenvalue weighted by Gasteiger charge is 2.36. The van der Waals surface area contributed by atoms with Crippen LogP contribution in [0.3, 0.4) is 0 Å². The summed E-state index contributed by atoms with van der Waals surface area (Å²) in [5, 5.41) is 8.12. The Kier molecular flexibility index (Phi) is 4.90. The molecular formula is C17H31N3. The van der Waals surface area contributed by atoms with Crippen LogP contribution in [0.25, 0.3) is 0 Å². The number of aromatic nitrogens is 2. The van der Waals surface area contributed by atoms with Gasteiger partial charge in [-0.1, -0.05) is 27.7 Å². The van der Waals surface area contributed by atoms with Gasteiger partial charge in [0.25, 0.3) is 0 Å². The Hall–Kier alpha value is -0.830. The Labute approximate surface area is 124 Å². The molecule has 0 saturated heterocycles. The van der Waals surface area contributed by atoms with Gasteiger partial charge in [0.2, 0.25) is 0 Å². The molecule has 0 amide bonds. The summed E-state index contributed by atoms with van der Waals surface area (Å²) in [5.74, 6) is 1.41. The first-order valence-corrected chi connectivity index (χ1v) is 8.17. The maximum absolute atomic E-state index is 4.48. The van der Waals surface area contributed by atoms with Crippen molar-refractivity contribution in [2.75, 3.05) is 6.54 Å². The molecule has 114 valence electrons. The van der Waals surface area contributed by atoms with Crippen LogP contribution < -0.4 is 5.32 Å². The number of rotatable bonds is 5. The Morgan fingerprint density at radius 1 is 1.45 bits per heavy atom. The van der Waals surface area contributed by atoms with Gasteiger partial charge in [-0.15, -0.1) is 0 Å². The van der Waals surface area contributed by atoms with Crippen molar-refractivity contribution in [3.05, 3.63) is 18.0 Å². The minimum Gasteiger partial charge on any atom is -0.314 e. The average molecular weight is 277 g/mol. The molecule has 1 aliphatic rings. The van der Waals surface area contributed by atoms with E-state index in [-0.39, 0.29) is 0 Å². The lowest BCUT2D eigenvalue weighted by molar-refractivity contribution is 0.158. The van der Waals surface area contributed by atoms with E-state index in [1.165, 1.54) is 24.8 Å². The molecule has 0 spiro atoms. The standard InChI is InChI=1S/C17H31N3/c1-6-20-12-15(11-19-20)16-9-17(4,5)8-7-14(16)10-18-13(2)3/h11-14,16,18H,6-10H2,1-5H3. The minimum absolute atomic E-state index is 0.466. The first kappa shape index (κ1) is 15.6. The second-order valence-electron chi connectivity index (χ2n) is 7.47. The molecule has 2 rings (SSSR count). The Morgan fingerprint density at radius 3 is 2.80 bits per heavy atom. The van der Waals surface area contributed by atoms with E-state index in [0.29, 0.717) is 17.4 Å². The lowest BCUT2D eigenvalue weighted by atomic mass is 9.65. The van der Waals surface area contributed by atoms with E-state index in [1.54, 1.807) is 0 Å². The van der Waals surface area contributed by atoms with E-state index >= 15 is 0 Å². The molecule has 1 fully saturated rings. The summed E-state index contributed by atoms with van der Waals surface area (Å²) in [6.45, 7) is 13.5. The smallest absolute Gasteiger partial charge is 0.0524 e. The molecule has 0 aromatic carbocycles. The zero-order valence-corrected chi connectivity index (χ0v) is 13.8. The van der Waals surface area contributed by atoms with Crippen LogP contribution in [0.1, 0.15) is 65.4 Å². The molecule has 1 aromatic rings. The van der Waals surface area contributed by atoms with Gasteiger partial charge >= 0.3 is 0 Å². The van der Waals surface area contributed by atoms with Gasteiger partial charge in [-0.25, -0.2) is 0 Å². The third-order valence-corrected chi connectivity index (χ3v) is 4.73. The van der Waals surface area contributed by atoms with E-state index in [9.17, 15) is 0 Å². The number of nitrogens with one attached hydrogen (secondary N) is 1. The summed E-state index contributed by atoms with van der Waals surface area (Å²) >= 11 is 0. The second-order valence-corrected chi connectivity index (χ2v) is 7.47. The monoisotopic (exact) mass is 277 g/mol. The van der Waals surface area contributed by atoms with Gasteiger partial charge in [-0.05, 0) is 55.5 Å². The van der Waals surface area contributed by atoms with E-state index in [2.05, 4.69) is 62.1 Å². The van der Waals surface area contributed by atoms with Gasteiger partial charge in [-0.3, -0.25) is 4.68 Å². The second kappa shape index (κ2) is 6.30. The van der Waals surface area contributed by atoms with E-state index in [0.717, 1.165) is 19.0 Å². The molecule has 1 saturated carbocycles. The van der Waals surface area contributed by atoms with Gasteiger partial charge in [0.15, 0.2) is 0 Å². The number of aryl methyl sites for hydroxylation is 1. The highest BCUT2D eigenvalue weighted by molar-refractivity contribution is 5.15. The number of hydrogen-bond acceptors (Lipinski definition) is 2. The summed E-state index contributed by atoms with van der Waals surface area (Å²) in [5.41, 5.74) is 1.91.